The predicted molar refractivity (Wildman–Crippen MR) is 96.0 cm³/mol. The van der Waals surface area contributed by atoms with Gasteiger partial charge in [0.1, 0.15) is 5.76 Å². The van der Waals surface area contributed by atoms with E-state index in [9.17, 15) is 4.79 Å². The number of furan rings is 1. The molecule has 0 saturated carbocycles. The number of hydrogen-bond acceptors (Lipinski definition) is 5. The number of benzene rings is 1. The molecule has 1 unspecified atom stereocenters. The van der Waals surface area contributed by atoms with E-state index in [2.05, 4.69) is 5.32 Å². The second-order valence-electron chi connectivity index (χ2n) is 5.99. The number of aryl methyl sites for hydroxylation is 1. The van der Waals surface area contributed by atoms with E-state index in [0.29, 0.717) is 30.9 Å². The number of carbonyl (C=O) groups is 1. The van der Waals surface area contributed by atoms with Gasteiger partial charge in [-0.25, -0.2) is 0 Å². The van der Waals surface area contributed by atoms with E-state index in [4.69, 9.17) is 13.9 Å². The molecule has 1 aromatic heterocycles. The number of rotatable bonds is 9. The van der Waals surface area contributed by atoms with Gasteiger partial charge in [-0.3, -0.25) is 9.69 Å². The molecule has 2 rings (SSSR count). The first-order valence-electron chi connectivity index (χ1n) is 8.22. The normalized spacial score (nSPS) is 12.0. The fourth-order valence-electron chi connectivity index (χ4n) is 2.61. The van der Waals surface area contributed by atoms with Crippen LogP contribution >= 0.6 is 0 Å². The third kappa shape index (κ3) is 5.26. The second-order valence-corrected chi connectivity index (χ2v) is 5.99. The summed E-state index contributed by atoms with van der Waals surface area (Å²) in [5.74, 6) is 2.20. The van der Waals surface area contributed by atoms with Crippen molar-refractivity contribution >= 4 is 5.91 Å². The summed E-state index contributed by atoms with van der Waals surface area (Å²) < 4.78 is 16.0. The Morgan fingerprint density at radius 1 is 1.20 bits per heavy atom. The van der Waals surface area contributed by atoms with Gasteiger partial charge < -0.3 is 19.2 Å². The summed E-state index contributed by atoms with van der Waals surface area (Å²) in [5.41, 5.74) is 1.03. The van der Waals surface area contributed by atoms with E-state index < -0.39 is 0 Å². The van der Waals surface area contributed by atoms with Crippen molar-refractivity contribution in [2.75, 3.05) is 34.9 Å². The molecule has 0 aliphatic rings. The van der Waals surface area contributed by atoms with Crippen molar-refractivity contribution < 1.29 is 18.7 Å². The summed E-state index contributed by atoms with van der Waals surface area (Å²) in [7, 11) is 7.13. The maximum absolute atomic E-state index is 12.2. The van der Waals surface area contributed by atoms with Crippen LogP contribution in [-0.4, -0.2) is 45.7 Å². The highest BCUT2D eigenvalue weighted by atomic mass is 16.5. The molecule has 136 valence electrons. The van der Waals surface area contributed by atoms with Crippen molar-refractivity contribution in [1.82, 2.24) is 10.2 Å². The molecule has 1 atom stereocenters. The lowest BCUT2D eigenvalue weighted by atomic mass is 10.1. The first-order chi connectivity index (χ1) is 12.0. The Bertz CT molecular complexity index is 668. The number of methoxy groups -OCH3 is 2. The minimum Gasteiger partial charge on any atom is -0.493 e. The van der Waals surface area contributed by atoms with E-state index in [1.165, 1.54) is 0 Å². The van der Waals surface area contributed by atoms with Crippen LogP contribution in [0.25, 0.3) is 0 Å². The number of amides is 1. The largest absolute Gasteiger partial charge is 0.493 e. The van der Waals surface area contributed by atoms with Crippen LogP contribution in [0.15, 0.2) is 41.0 Å². The van der Waals surface area contributed by atoms with E-state index in [1.54, 1.807) is 20.5 Å². The van der Waals surface area contributed by atoms with Gasteiger partial charge in [0.2, 0.25) is 5.91 Å². The lowest BCUT2D eigenvalue weighted by molar-refractivity contribution is -0.121. The van der Waals surface area contributed by atoms with E-state index >= 15 is 0 Å². The first kappa shape index (κ1) is 18.9. The summed E-state index contributed by atoms with van der Waals surface area (Å²) in [6.07, 6.45) is 2.69. The lowest BCUT2D eigenvalue weighted by Gasteiger charge is -2.22. The zero-order chi connectivity index (χ0) is 18.2. The number of nitrogens with zero attached hydrogens (tertiary/aromatic N) is 1. The third-order valence-electron chi connectivity index (χ3n) is 4.08. The molecular formula is C19H26N2O4. The highest BCUT2D eigenvalue weighted by molar-refractivity contribution is 5.76. The first-order valence-corrected chi connectivity index (χ1v) is 8.22. The van der Waals surface area contributed by atoms with Crippen molar-refractivity contribution in [1.29, 1.82) is 0 Å². The molecule has 25 heavy (non-hydrogen) atoms. The fraction of sp³-hybridized carbons (Fsp3) is 0.421. The number of ether oxygens (including phenoxy) is 2. The van der Waals surface area contributed by atoms with Gasteiger partial charge in [-0.05, 0) is 50.3 Å². The Morgan fingerprint density at radius 3 is 2.56 bits per heavy atom. The second kappa shape index (κ2) is 9.13. The molecule has 0 radical (unpaired) electrons. The molecule has 0 aliphatic heterocycles. The molecule has 6 nitrogen and oxygen atoms in total. The Balaban J connectivity index is 1.86. The van der Waals surface area contributed by atoms with Crippen LogP contribution in [0.1, 0.15) is 23.8 Å². The van der Waals surface area contributed by atoms with Gasteiger partial charge >= 0.3 is 0 Å². The van der Waals surface area contributed by atoms with Gasteiger partial charge in [-0.2, -0.15) is 0 Å². The molecule has 2 aromatic rings. The quantitative estimate of drug-likeness (QED) is 0.756. The molecule has 0 fully saturated rings. The van der Waals surface area contributed by atoms with Crippen molar-refractivity contribution in [2.24, 2.45) is 0 Å². The molecule has 1 N–H and O–H groups in total. The molecular weight excluding hydrogens is 320 g/mol. The lowest BCUT2D eigenvalue weighted by Crippen LogP contribution is -2.34. The summed E-state index contributed by atoms with van der Waals surface area (Å²) in [5, 5.41) is 2.98. The van der Waals surface area contributed by atoms with Gasteiger partial charge in [-0.1, -0.05) is 6.07 Å². The van der Waals surface area contributed by atoms with Crippen molar-refractivity contribution in [3.05, 3.63) is 47.9 Å². The summed E-state index contributed by atoms with van der Waals surface area (Å²) in [6, 6.07) is 9.48. The van der Waals surface area contributed by atoms with Gasteiger partial charge in [0.05, 0.1) is 26.5 Å². The smallest absolute Gasteiger partial charge is 0.220 e. The highest BCUT2D eigenvalue weighted by Gasteiger charge is 2.17. The Kier molecular flexibility index (Phi) is 6.89. The predicted octanol–water partition coefficient (Wildman–Crippen LogP) is 2.65. The highest BCUT2D eigenvalue weighted by Crippen LogP contribution is 2.28. The van der Waals surface area contributed by atoms with Crippen LogP contribution in [0.2, 0.25) is 0 Å². The van der Waals surface area contributed by atoms with Gasteiger partial charge in [0.25, 0.3) is 0 Å². The zero-order valence-electron chi connectivity index (χ0n) is 15.2. The van der Waals surface area contributed by atoms with E-state index in [1.807, 2.05) is 49.3 Å². The molecule has 0 spiro atoms. The van der Waals surface area contributed by atoms with Crippen LogP contribution < -0.4 is 14.8 Å². The van der Waals surface area contributed by atoms with Crippen molar-refractivity contribution in [2.45, 2.75) is 18.9 Å². The zero-order valence-corrected chi connectivity index (χ0v) is 15.2. The van der Waals surface area contributed by atoms with E-state index in [-0.39, 0.29) is 11.9 Å². The molecule has 1 heterocycles. The van der Waals surface area contributed by atoms with Crippen molar-refractivity contribution in [3.63, 3.8) is 0 Å². The summed E-state index contributed by atoms with van der Waals surface area (Å²) >= 11 is 0. The third-order valence-corrected chi connectivity index (χ3v) is 4.08. The molecule has 1 amide bonds. The van der Waals surface area contributed by atoms with Crippen LogP contribution in [-0.2, 0) is 11.2 Å². The maximum atomic E-state index is 12.2. The number of likely N-dealkylation sites (N-methyl/N-ethyl adjacent to an activating group) is 1. The van der Waals surface area contributed by atoms with Gasteiger partial charge in [-0.15, -0.1) is 0 Å². The minimum absolute atomic E-state index is 0.00758. The van der Waals surface area contributed by atoms with Crippen LogP contribution in [0.3, 0.4) is 0 Å². The average Bonchev–Trinajstić information content (AvgIpc) is 3.13. The molecule has 1 aromatic carbocycles. The summed E-state index contributed by atoms with van der Waals surface area (Å²) in [6.45, 7) is 0.505. The standard InChI is InChI=1S/C19H26N2O4/c1-21(2)15(16-6-5-11-25-16)13-20-19(22)10-8-14-7-9-17(23-3)18(12-14)24-4/h5-7,9,11-12,15H,8,10,13H2,1-4H3,(H,20,22). The monoisotopic (exact) mass is 346 g/mol. The molecule has 0 saturated heterocycles. The number of nitrogens with one attached hydrogen (secondary N) is 1. The Hall–Kier alpha value is -2.47. The number of carbonyl (C=O) groups excluding carboxylic acids is 1. The van der Waals surface area contributed by atoms with Crippen LogP contribution in [0.5, 0.6) is 11.5 Å². The van der Waals surface area contributed by atoms with Crippen LogP contribution in [0, 0.1) is 0 Å². The molecule has 0 aliphatic carbocycles. The topological polar surface area (TPSA) is 63.9 Å². The molecule has 0 bridgehead atoms. The Morgan fingerprint density at radius 2 is 1.96 bits per heavy atom. The van der Waals surface area contributed by atoms with Gasteiger partial charge in [0, 0.05) is 13.0 Å². The van der Waals surface area contributed by atoms with Crippen molar-refractivity contribution in [3.8, 4) is 11.5 Å². The average molecular weight is 346 g/mol. The van der Waals surface area contributed by atoms with Gasteiger partial charge in [0.15, 0.2) is 11.5 Å². The summed E-state index contributed by atoms with van der Waals surface area (Å²) in [4.78, 5) is 14.2. The molecule has 6 heteroatoms. The van der Waals surface area contributed by atoms with E-state index in [0.717, 1.165) is 11.3 Å². The maximum Gasteiger partial charge on any atom is 0.220 e. The minimum atomic E-state index is 0.00758. The SMILES string of the molecule is COc1ccc(CCC(=O)NCC(c2ccco2)N(C)C)cc1OC. The fourth-order valence-corrected chi connectivity index (χ4v) is 2.61. The Labute approximate surface area is 148 Å². The number of hydrogen-bond donors (Lipinski definition) is 1. The van der Waals surface area contributed by atoms with Crippen LogP contribution in [0.4, 0.5) is 0 Å².